The van der Waals surface area contributed by atoms with Gasteiger partial charge in [0.2, 0.25) is 0 Å². The minimum atomic E-state index is 0.397. The van der Waals surface area contributed by atoms with Crippen molar-refractivity contribution in [2.45, 2.75) is 0 Å². The quantitative estimate of drug-likeness (QED) is 0.792. The van der Waals surface area contributed by atoms with E-state index in [9.17, 15) is 0 Å². The molecule has 0 saturated carbocycles. The first kappa shape index (κ1) is 9.81. The van der Waals surface area contributed by atoms with Gasteiger partial charge in [0.05, 0.1) is 11.4 Å². The van der Waals surface area contributed by atoms with Gasteiger partial charge in [0.15, 0.2) is 0 Å². The summed E-state index contributed by atoms with van der Waals surface area (Å²) in [6, 6.07) is 11.0. The standard InChI is InChI=1S/C11H6BrN3/c12-8-4-5-14-11(6-8)10-3-1-2-9(7-13)15-10/h1-6H. The zero-order chi connectivity index (χ0) is 10.7. The largest absolute Gasteiger partial charge is 0.255 e. The summed E-state index contributed by atoms with van der Waals surface area (Å²) >= 11 is 3.36. The summed E-state index contributed by atoms with van der Waals surface area (Å²) in [6.07, 6.45) is 1.69. The van der Waals surface area contributed by atoms with E-state index in [-0.39, 0.29) is 0 Å². The molecular formula is C11H6BrN3. The highest BCUT2D eigenvalue weighted by molar-refractivity contribution is 9.10. The predicted molar refractivity (Wildman–Crippen MR) is 59.9 cm³/mol. The molecule has 0 aromatic carbocycles. The van der Waals surface area contributed by atoms with Crippen molar-refractivity contribution in [2.75, 3.05) is 0 Å². The highest BCUT2D eigenvalue weighted by atomic mass is 79.9. The van der Waals surface area contributed by atoms with Gasteiger partial charge in [0.25, 0.3) is 0 Å². The van der Waals surface area contributed by atoms with E-state index < -0.39 is 0 Å². The van der Waals surface area contributed by atoms with Crippen molar-refractivity contribution >= 4 is 15.9 Å². The first-order chi connectivity index (χ1) is 7.29. The second kappa shape index (κ2) is 4.20. The average molecular weight is 260 g/mol. The number of nitrogens with zero attached hydrogens (tertiary/aromatic N) is 3. The molecule has 0 unspecified atom stereocenters. The second-order valence-corrected chi connectivity index (χ2v) is 3.79. The van der Waals surface area contributed by atoms with Crippen molar-refractivity contribution in [2.24, 2.45) is 0 Å². The fourth-order valence-corrected chi connectivity index (χ4v) is 1.52. The van der Waals surface area contributed by atoms with Crippen molar-refractivity contribution in [3.63, 3.8) is 0 Å². The molecule has 0 radical (unpaired) electrons. The third kappa shape index (κ3) is 2.20. The Morgan fingerprint density at radius 3 is 2.80 bits per heavy atom. The minimum Gasteiger partial charge on any atom is -0.255 e. The Hall–Kier alpha value is -1.73. The Balaban J connectivity index is 2.50. The molecule has 0 atom stereocenters. The van der Waals surface area contributed by atoms with E-state index in [2.05, 4.69) is 25.9 Å². The SMILES string of the molecule is N#Cc1cccc(-c2cc(Br)ccn2)n1. The van der Waals surface area contributed by atoms with Crippen LogP contribution in [-0.2, 0) is 0 Å². The molecule has 0 spiro atoms. The molecule has 0 amide bonds. The molecule has 15 heavy (non-hydrogen) atoms. The van der Waals surface area contributed by atoms with Gasteiger partial charge in [-0.2, -0.15) is 5.26 Å². The van der Waals surface area contributed by atoms with E-state index in [4.69, 9.17) is 5.26 Å². The van der Waals surface area contributed by atoms with E-state index in [1.54, 1.807) is 18.3 Å². The maximum atomic E-state index is 8.72. The third-order valence-corrected chi connectivity index (χ3v) is 2.34. The van der Waals surface area contributed by atoms with Crippen molar-refractivity contribution < 1.29 is 0 Å². The molecule has 0 aliphatic heterocycles. The summed E-state index contributed by atoms with van der Waals surface area (Å²) in [6.45, 7) is 0. The van der Waals surface area contributed by atoms with Gasteiger partial charge in [-0.1, -0.05) is 22.0 Å². The molecule has 2 rings (SSSR count). The van der Waals surface area contributed by atoms with Crippen LogP contribution < -0.4 is 0 Å². The lowest BCUT2D eigenvalue weighted by molar-refractivity contribution is 1.21. The number of aromatic nitrogens is 2. The summed E-state index contributed by atoms with van der Waals surface area (Å²) in [4.78, 5) is 8.34. The number of halogens is 1. The Morgan fingerprint density at radius 1 is 1.20 bits per heavy atom. The number of hydrogen-bond acceptors (Lipinski definition) is 3. The van der Waals surface area contributed by atoms with Crippen LogP contribution in [0.1, 0.15) is 5.69 Å². The molecule has 4 heteroatoms. The molecule has 0 aliphatic carbocycles. The lowest BCUT2D eigenvalue weighted by Crippen LogP contribution is -1.89. The molecule has 0 saturated heterocycles. The van der Waals surface area contributed by atoms with E-state index in [1.807, 2.05) is 24.3 Å². The summed E-state index contributed by atoms with van der Waals surface area (Å²) in [5, 5.41) is 8.72. The smallest absolute Gasteiger partial charge is 0.141 e. The molecule has 2 aromatic rings. The van der Waals surface area contributed by atoms with Crippen LogP contribution in [0.5, 0.6) is 0 Å². The van der Waals surface area contributed by atoms with E-state index >= 15 is 0 Å². The summed E-state index contributed by atoms with van der Waals surface area (Å²) in [5.41, 5.74) is 1.85. The van der Waals surface area contributed by atoms with Crippen molar-refractivity contribution in [3.8, 4) is 17.5 Å². The first-order valence-corrected chi connectivity index (χ1v) is 5.08. The van der Waals surface area contributed by atoms with Gasteiger partial charge in [0.1, 0.15) is 11.8 Å². The molecule has 0 bridgehead atoms. The van der Waals surface area contributed by atoms with Crippen LogP contribution in [0, 0.1) is 11.3 Å². The zero-order valence-electron chi connectivity index (χ0n) is 7.68. The Kier molecular flexibility index (Phi) is 2.75. The molecular weight excluding hydrogens is 254 g/mol. The van der Waals surface area contributed by atoms with Crippen LogP contribution in [0.3, 0.4) is 0 Å². The molecule has 0 aliphatic rings. The zero-order valence-corrected chi connectivity index (χ0v) is 9.27. The highest BCUT2D eigenvalue weighted by Crippen LogP contribution is 2.18. The van der Waals surface area contributed by atoms with Gasteiger partial charge < -0.3 is 0 Å². The van der Waals surface area contributed by atoms with Crippen LogP contribution in [0.25, 0.3) is 11.4 Å². The van der Waals surface area contributed by atoms with Gasteiger partial charge in [-0.3, -0.25) is 4.98 Å². The predicted octanol–water partition coefficient (Wildman–Crippen LogP) is 2.78. The number of pyridine rings is 2. The summed E-state index contributed by atoms with van der Waals surface area (Å²) in [7, 11) is 0. The fraction of sp³-hybridized carbons (Fsp3) is 0. The van der Waals surface area contributed by atoms with Crippen molar-refractivity contribution in [1.29, 1.82) is 5.26 Å². The molecule has 2 aromatic heterocycles. The van der Waals surface area contributed by atoms with Crippen LogP contribution in [0.15, 0.2) is 41.0 Å². The average Bonchev–Trinajstić information content (AvgIpc) is 2.29. The van der Waals surface area contributed by atoms with E-state index in [0.29, 0.717) is 11.4 Å². The molecule has 2 heterocycles. The molecule has 0 N–H and O–H groups in total. The van der Waals surface area contributed by atoms with Gasteiger partial charge in [-0.05, 0) is 24.3 Å². The summed E-state index contributed by atoms with van der Waals surface area (Å²) in [5.74, 6) is 0. The van der Waals surface area contributed by atoms with Gasteiger partial charge in [-0.25, -0.2) is 4.98 Å². The number of nitriles is 1. The third-order valence-electron chi connectivity index (χ3n) is 1.85. The Labute approximate surface area is 95.6 Å². The molecule has 0 fully saturated rings. The van der Waals surface area contributed by atoms with Crippen LogP contribution in [-0.4, -0.2) is 9.97 Å². The lowest BCUT2D eigenvalue weighted by Gasteiger charge is -1.99. The van der Waals surface area contributed by atoms with Crippen molar-refractivity contribution in [3.05, 3.63) is 46.7 Å². The lowest BCUT2D eigenvalue weighted by atomic mass is 10.2. The van der Waals surface area contributed by atoms with Gasteiger partial charge >= 0.3 is 0 Å². The maximum absolute atomic E-state index is 8.72. The fourth-order valence-electron chi connectivity index (χ4n) is 1.18. The maximum Gasteiger partial charge on any atom is 0.141 e. The first-order valence-electron chi connectivity index (χ1n) is 4.28. The van der Waals surface area contributed by atoms with E-state index in [1.165, 1.54) is 0 Å². The normalized spacial score (nSPS) is 9.60. The minimum absolute atomic E-state index is 0.397. The van der Waals surface area contributed by atoms with Gasteiger partial charge in [-0.15, -0.1) is 0 Å². The number of hydrogen-bond donors (Lipinski definition) is 0. The second-order valence-electron chi connectivity index (χ2n) is 2.88. The van der Waals surface area contributed by atoms with Crippen LogP contribution >= 0.6 is 15.9 Å². The Bertz CT molecular complexity index is 531. The summed E-state index contributed by atoms with van der Waals surface area (Å²) < 4.78 is 0.941. The van der Waals surface area contributed by atoms with Crippen LogP contribution in [0.4, 0.5) is 0 Å². The molecule has 3 nitrogen and oxygen atoms in total. The monoisotopic (exact) mass is 259 g/mol. The topological polar surface area (TPSA) is 49.6 Å². The number of rotatable bonds is 1. The highest BCUT2D eigenvalue weighted by Gasteiger charge is 2.02. The molecule has 72 valence electrons. The van der Waals surface area contributed by atoms with Crippen molar-refractivity contribution in [1.82, 2.24) is 9.97 Å². The van der Waals surface area contributed by atoms with Crippen LogP contribution in [0.2, 0.25) is 0 Å². The van der Waals surface area contributed by atoms with Gasteiger partial charge in [0, 0.05) is 10.7 Å². The van der Waals surface area contributed by atoms with E-state index in [0.717, 1.165) is 10.2 Å². The Morgan fingerprint density at radius 2 is 2.07 bits per heavy atom.